The van der Waals surface area contributed by atoms with Gasteiger partial charge in [-0.1, -0.05) is 12.1 Å². The summed E-state index contributed by atoms with van der Waals surface area (Å²) in [5, 5.41) is 2.51. The monoisotopic (exact) mass is 173 g/mol. The quantitative estimate of drug-likeness (QED) is 0.588. The molecule has 0 aliphatic heterocycles. The van der Waals surface area contributed by atoms with Gasteiger partial charge in [-0.15, -0.1) is 0 Å². The molecule has 1 amide bonds. The zero-order chi connectivity index (χ0) is 9.26. The minimum absolute atomic E-state index is 0.198. The van der Waals surface area contributed by atoms with Gasteiger partial charge in [0.05, 0.1) is 11.0 Å². The lowest BCUT2D eigenvalue weighted by molar-refractivity contribution is 0.0973. The van der Waals surface area contributed by atoms with Crippen molar-refractivity contribution in [3.05, 3.63) is 30.1 Å². The molecule has 64 valence electrons. The first-order valence-electron chi connectivity index (χ1n) is 3.98. The van der Waals surface area contributed by atoms with Crippen LogP contribution in [0.3, 0.4) is 0 Å². The predicted octanol–water partition coefficient (Wildman–Crippen LogP) is -0.159. The Labute approximate surface area is 75.8 Å². The summed E-state index contributed by atoms with van der Waals surface area (Å²) in [6, 6.07) is 7.53. The van der Waals surface area contributed by atoms with E-state index in [0.717, 1.165) is 11.0 Å². The van der Waals surface area contributed by atoms with Crippen molar-refractivity contribution >= 4 is 24.9 Å². The van der Waals surface area contributed by atoms with Crippen LogP contribution in [0.5, 0.6) is 0 Å². The van der Waals surface area contributed by atoms with Crippen molar-refractivity contribution in [3.63, 3.8) is 0 Å². The fraction of sp³-hybridized carbons (Fsp3) is 0. The Morgan fingerprint density at radius 1 is 1.46 bits per heavy atom. The van der Waals surface area contributed by atoms with E-state index in [9.17, 15) is 4.79 Å². The summed E-state index contributed by atoms with van der Waals surface area (Å²) in [4.78, 5) is 18.2. The lowest BCUT2D eigenvalue weighted by Crippen LogP contribution is -2.20. The average Bonchev–Trinajstić information content (AvgIpc) is 2.59. The number of para-hydroxylation sites is 2. The second-order valence-electron chi connectivity index (χ2n) is 2.68. The first-order chi connectivity index (χ1) is 6.31. The number of aromatic nitrogens is 2. The first kappa shape index (κ1) is 7.85. The van der Waals surface area contributed by atoms with Crippen LogP contribution >= 0.6 is 0 Å². The summed E-state index contributed by atoms with van der Waals surface area (Å²) in [5.41, 5.74) is 1.68. The van der Waals surface area contributed by atoms with E-state index in [2.05, 4.69) is 15.2 Å². The molecule has 5 heteroatoms. The van der Waals surface area contributed by atoms with Crippen molar-refractivity contribution in [3.8, 4) is 0 Å². The van der Waals surface area contributed by atoms with E-state index in [1.54, 1.807) is 7.98 Å². The van der Waals surface area contributed by atoms with Gasteiger partial charge < -0.3 is 10.2 Å². The van der Waals surface area contributed by atoms with Crippen LogP contribution in [0.1, 0.15) is 10.6 Å². The van der Waals surface area contributed by atoms with Crippen molar-refractivity contribution in [2.24, 2.45) is 0 Å². The molecular weight excluding hydrogens is 165 g/mol. The molecule has 0 saturated carbocycles. The maximum atomic E-state index is 11.2. The van der Waals surface area contributed by atoms with Gasteiger partial charge in [-0.05, 0) is 12.1 Å². The molecular formula is C8H8BN3O. The Morgan fingerprint density at radius 2 is 2.23 bits per heavy atom. The zero-order valence-corrected chi connectivity index (χ0v) is 7.16. The Kier molecular flexibility index (Phi) is 1.77. The van der Waals surface area contributed by atoms with Gasteiger partial charge in [0.15, 0.2) is 5.82 Å². The number of carbonyl (C=O) groups excluding carboxylic acids is 1. The molecule has 4 nitrogen and oxygen atoms in total. The van der Waals surface area contributed by atoms with Gasteiger partial charge >= 0.3 is 0 Å². The number of benzene rings is 1. The maximum absolute atomic E-state index is 11.2. The normalized spacial score (nSPS) is 10.2. The second-order valence-corrected chi connectivity index (χ2v) is 2.68. The number of carbonyl (C=O) groups is 1. The van der Waals surface area contributed by atoms with Gasteiger partial charge in [0, 0.05) is 0 Å². The number of imidazole rings is 1. The molecule has 2 N–H and O–H groups in total. The molecule has 0 aliphatic rings. The van der Waals surface area contributed by atoms with E-state index < -0.39 is 0 Å². The lowest BCUT2D eigenvalue weighted by atomic mass is 10.3. The number of nitrogens with zero attached hydrogens (tertiary/aromatic N) is 1. The number of amides is 1. The largest absolute Gasteiger partial charge is 0.399 e. The van der Waals surface area contributed by atoms with E-state index in [4.69, 9.17) is 0 Å². The highest BCUT2D eigenvalue weighted by Gasteiger charge is 2.07. The van der Waals surface area contributed by atoms with E-state index in [1.165, 1.54) is 0 Å². The van der Waals surface area contributed by atoms with Gasteiger partial charge in [-0.25, -0.2) is 4.98 Å². The van der Waals surface area contributed by atoms with Crippen LogP contribution in [-0.2, 0) is 0 Å². The lowest BCUT2D eigenvalue weighted by Gasteiger charge is -1.90. The number of fused-ring (bicyclic) bond motifs is 1. The molecule has 0 saturated heterocycles. The van der Waals surface area contributed by atoms with Crippen molar-refractivity contribution < 1.29 is 4.79 Å². The Bertz CT molecular complexity index is 418. The number of aromatic amines is 1. The maximum Gasteiger partial charge on any atom is 0.274 e. The van der Waals surface area contributed by atoms with Gasteiger partial charge in [0.1, 0.15) is 0 Å². The SMILES string of the molecule is BNC(=O)c1nc2ccccc2[nH]1. The third-order valence-electron chi connectivity index (χ3n) is 1.83. The highest BCUT2D eigenvalue weighted by atomic mass is 16.1. The van der Waals surface area contributed by atoms with Crippen LogP contribution in [0.2, 0.25) is 0 Å². The highest BCUT2D eigenvalue weighted by Crippen LogP contribution is 2.09. The molecule has 13 heavy (non-hydrogen) atoms. The van der Waals surface area contributed by atoms with Crippen LogP contribution in [0, 0.1) is 0 Å². The summed E-state index contributed by atoms with van der Waals surface area (Å²) in [7, 11) is 1.58. The topological polar surface area (TPSA) is 57.8 Å². The first-order valence-corrected chi connectivity index (χ1v) is 3.98. The summed E-state index contributed by atoms with van der Waals surface area (Å²) in [6.45, 7) is 0. The van der Waals surface area contributed by atoms with E-state index in [-0.39, 0.29) is 5.91 Å². The summed E-state index contributed by atoms with van der Waals surface area (Å²) < 4.78 is 0. The number of hydrogen-bond acceptors (Lipinski definition) is 2. The third kappa shape index (κ3) is 1.28. The molecule has 0 radical (unpaired) electrons. The van der Waals surface area contributed by atoms with Crippen molar-refractivity contribution in [1.29, 1.82) is 0 Å². The van der Waals surface area contributed by atoms with E-state index in [0.29, 0.717) is 5.82 Å². The summed E-state index contributed by atoms with van der Waals surface area (Å²) in [6.07, 6.45) is 0. The predicted molar refractivity (Wildman–Crippen MR) is 52.1 cm³/mol. The summed E-state index contributed by atoms with van der Waals surface area (Å²) >= 11 is 0. The number of rotatable bonds is 1. The van der Waals surface area contributed by atoms with Crippen molar-refractivity contribution in [2.75, 3.05) is 0 Å². The summed E-state index contributed by atoms with van der Waals surface area (Å²) in [5.74, 6) is 0.153. The molecule has 0 fully saturated rings. The van der Waals surface area contributed by atoms with E-state index in [1.807, 2.05) is 24.3 Å². The van der Waals surface area contributed by atoms with Crippen LogP contribution in [0.25, 0.3) is 11.0 Å². The van der Waals surface area contributed by atoms with Crippen LogP contribution in [0.4, 0.5) is 0 Å². The fourth-order valence-electron chi connectivity index (χ4n) is 1.18. The van der Waals surface area contributed by atoms with Gasteiger partial charge in [-0.3, -0.25) is 4.79 Å². The molecule has 1 heterocycles. The molecule has 0 bridgehead atoms. The molecule has 2 aromatic rings. The van der Waals surface area contributed by atoms with Gasteiger partial charge in [-0.2, -0.15) is 0 Å². The van der Waals surface area contributed by atoms with Crippen LogP contribution < -0.4 is 5.23 Å². The Balaban J connectivity index is 2.56. The van der Waals surface area contributed by atoms with Crippen LogP contribution in [-0.4, -0.2) is 23.9 Å². The number of H-pyrrole nitrogens is 1. The minimum Gasteiger partial charge on any atom is -0.399 e. The van der Waals surface area contributed by atoms with Gasteiger partial charge in [0.2, 0.25) is 7.98 Å². The molecule has 0 spiro atoms. The Morgan fingerprint density at radius 3 is 2.92 bits per heavy atom. The van der Waals surface area contributed by atoms with E-state index >= 15 is 0 Å². The molecule has 1 aromatic heterocycles. The number of nitrogens with one attached hydrogen (secondary N) is 2. The minimum atomic E-state index is -0.198. The molecule has 0 atom stereocenters. The fourth-order valence-corrected chi connectivity index (χ4v) is 1.18. The Hall–Kier alpha value is -1.78. The van der Waals surface area contributed by atoms with Crippen LogP contribution in [0.15, 0.2) is 24.3 Å². The zero-order valence-electron chi connectivity index (χ0n) is 7.16. The standard InChI is InChI=1S/C8H8BN3O/c9-12-8(13)7-10-5-3-1-2-4-6(5)11-7/h1-4H,9H2,(H,10,11)(H,12,13). The van der Waals surface area contributed by atoms with Crippen molar-refractivity contribution in [1.82, 2.24) is 15.2 Å². The second kappa shape index (κ2) is 2.93. The van der Waals surface area contributed by atoms with Gasteiger partial charge in [0.25, 0.3) is 5.91 Å². The number of hydrogen-bond donors (Lipinski definition) is 2. The van der Waals surface area contributed by atoms with Crippen molar-refractivity contribution in [2.45, 2.75) is 0 Å². The molecule has 0 aliphatic carbocycles. The average molecular weight is 173 g/mol. The molecule has 2 rings (SSSR count). The highest BCUT2D eigenvalue weighted by molar-refractivity contribution is 6.17. The molecule has 0 unspecified atom stereocenters. The third-order valence-corrected chi connectivity index (χ3v) is 1.83. The molecule has 1 aromatic carbocycles. The smallest absolute Gasteiger partial charge is 0.274 e.